The zero-order chi connectivity index (χ0) is 10.6. The van der Waals surface area contributed by atoms with Crippen molar-refractivity contribution in [1.29, 1.82) is 5.26 Å². The Morgan fingerprint density at radius 1 is 1.86 bits per heavy atom. The van der Waals surface area contributed by atoms with E-state index in [-0.39, 0.29) is 12.6 Å². The van der Waals surface area contributed by atoms with Crippen molar-refractivity contribution in [3.05, 3.63) is 0 Å². The molecule has 0 aromatic rings. The van der Waals surface area contributed by atoms with E-state index >= 15 is 0 Å². The minimum atomic E-state index is -0.918. The van der Waals surface area contributed by atoms with Gasteiger partial charge in [0.25, 0.3) is 0 Å². The maximum atomic E-state index is 10.9. The molecule has 1 aliphatic heterocycles. The molecule has 0 saturated carbocycles. The molecule has 0 spiro atoms. The normalized spacial score (nSPS) is 25.3. The first-order valence-electron chi connectivity index (χ1n) is 4.66. The molecule has 0 aliphatic carbocycles. The first kappa shape index (κ1) is 11.0. The highest BCUT2D eigenvalue weighted by molar-refractivity contribution is 5.73. The molecule has 78 valence electrons. The van der Waals surface area contributed by atoms with Gasteiger partial charge in [0, 0.05) is 6.54 Å². The molecule has 1 rings (SSSR count). The van der Waals surface area contributed by atoms with Crippen molar-refractivity contribution in [1.82, 2.24) is 4.90 Å². The standard InChI is InChI=1S/C9H14N2O3/c1-2-7(5-10)11-3-4-14-6-8(11)9(12)13/h7-8H,2-4,6H2,1H3,(H,12,13). The lowest BCUT2D eigenvalue weighted by Crippen LogP contribution is -2.53. The Labute approximate surface area is 82.9 Å². The molecule has 0 aromatic heterocycles. The van der Waals surface area contributed by atoms with E-state index in [4.69, 9.17) is 15.1 Å². The van der Waals surface area contributed by atoms with Gasteiger partial charge in [0.05, 0.1) is 25.3 Å². The summed E-state index contributed by atoms with van der Waals surface area (Å²) in [7, 11) is 0. The number of rotatable bonds is 3. The Balaban J connectivity index is 2.72. The first-order chi connectivity index (χ1) is 6.70. The summed E-state index contributed by atoms with van der Waals surface area (Å²) >= 11 is 0. The highest BCUT2D eigenvalue weighted by Crippen LogP contribution is 2.13. The van der Waals surface area contributed by atoms with Gasteiger partial charge in [-0.1, -0.05) is 6.92 Å². The van der Waals surface area contributed by atoms with Crippen LogP contribution in [0.15, 0.2) is 0 Å². The molecule has 1 saturated heterocycles. The molecule has 1 aliphatic rings. The van der Waals surface area contributed by atoms with Gasteiger partial charge in [0.15, 0.2) is 0 Å². The number of carboxylic acid groups (broad SMARTS) is 1. The second-order valence-corrected chi connectivity index (χ2v) is 3.22. The molecule has 5 nitrogen and oxygen atoms in total. The minimum Gasteiger partial charge on any atom is -0.480 e. The van der Waals surface area contributed by atoms with Crippen LogP contribution in [0.1, 0.15) is 13.3 Å². The summed E-state index contributed by atoms with van der Waals surface area (Å²) in [6.45, 7) is 3.07. The van der Waals surface area contributed by atoms with Crippen LogP contribution in [-0.4, -0.2) is 47.8 Å². The quantitative estimate of drug-likeness (QED) is 0.694. The van der Waals surface area contributed by atoms with Crippen LogP contribution >= 0.6 is 0 Å². The average Bonchev–Trinajstić information content (AvgIpc) is 2.20. The lowest BCUT2D eigenvalue weighted by atomic mass is 10.1. The van der Waals surface area contributed by atoms with Gasteiger partial charge in [-0.05, 0) is 6.42 Å². The largest absolute Gasteiger partial charge is 0.480 e. The second kappa shape index (κ2) is 4.94. The van der Waals surface area contributed by atoms with Crippen molar-refractivity contribution in [2.24, 2.45) is 0 Å². The van der Waals surface area contributed by atoms with Gasteiger partial charge in [-0.3, -0.25) is 9.69 Å². The molecule has 0 radical (unpaired) electrons. The van der Waals surface area contributed by atoms with E-state index in [0.717, 1.165) is 0 Å². The fourth-order valence-corrected chi connectivity index (χ4v) is 1.60. The van der Waals surface area contributed by atoms with Crippen LogP contribution in [0.25, 0.3) is 0 Å². The van der Waals surface area contributed by atoms with E-state index in [2.05, 4.69) is 6.07 Å². The maximum Gasteiger partial charge on any atom is 0.323 e. The Hall–Kier alpha value is -1.12. The van der Waals surface area contributed by atoms with Gasteiger partial charge in [-0.2, -0.15) is 5.26 Å². The predicted octanol–water partition coefficient (Wildman–Crippen LogP) is 0.0740. The molecular formula is C9H14N2O3. The summed E-state index contributed by atoms with van der Waals surface area (Å²) in [6.07, 6.45) is 0.639. The van der Waals surface area contributed by atoms with Crippen LogP contribution in [0.3, 0.4) is 0 Å². The molecule has 1 N–H and O–H groups in total. The monoisotopic (exact) mass is 198 g/mol. The smallest absolute Gasteiger partial charge is 0.323 e. The molecule has 0 aromatic carbocycles. The summed E-state index contributed by atoms with van der Waals surface area (Å²) in [4.78, 5) is 12.6. The van der Waals surface area contributed by atoms with Crippen molar-refractivity contribution in [3.63, 3.8) is 0 Å². The third-order valence-corrected chi connectivity index (χ3v) is 2.39. The number of nitriles is 1. The SMILES string of the molecule is CCC(C#N)N1CCOCC1C(=O)O. The zero-order valence-electron chi connectivity index (χ0n) is 8.14. The lowest BCUT2D eigenvalue weighted by molar-refractivity contribution is -0.150. The Morgan fingerprint density at radius 2 is 2.57 bits per heavy atom. The summed E-state index contributed by atoms with van der Waals surface area (Å²) in [6, 6.07) is 1.12. The Morgan fingerprint density at radius 3 is 3.07 bits per heavy atom. The van der Waals surface area contributed by atoms with E-state index in [1.807, 2.05) is 6.92 Å². The van der Waals surface area contributed by atoms with Crippen LogP contribution in [0, 0.1) is 11.3 Å². The van der Waals surface area contributed by atoms with Gasteiger partial charge < -0.3 is 9.84 Å². The number of ether oxygens (including phenoxy) is 1. The number of aliphatic carboxylic acids is 1. The molecule has 2 atom stereocenters. The predicted molar refractivity (Wildman–Crippen MR) is 48.6 cm³/mol. The lowest BCUT2D eigenvalue weighted by Gasteiger charge is -2.35. The van der Waals surface area contributed by atoms with E-state index in [1.165, 1.54) is 0 Å². The highest BCUT2D eigenvalue weighted by atomic mass is 16.5. The van der Waals surface area contributed by atoms with Crippen LogP contribution < -0.4 is 0 Å². The fraction of sp³-hybridized carbons (Fsp3) is 0.778. The van der Waals surface area contributed by atoms with Gasteiger partial charge >= 0.3 is 5.97 Å². The van der Waals surface area contributed by atoms with E-state index in [0.29, 0.717) is 19.6 Å². The summed E-state index contributed by atoms with van der Waals surface area (Å²) in [5, 5.41) is 17.8. The van der Waals surface area contributed by atoms with Gasteiger partial charge in [-0.25, -0.2) is 0 Å². The molecule has 1 fully saturated rings. The van der Waals surface area contributed by atoms with E-state index < -0.39 is 12.0 Å². The number of nitrogens with zero attached hydrogens (tertiary/aromatic N) is 2. The molecular weight excluding hydrogens is 184 g/mol. The average molecular weight is 198 g/mol. The molecule has 0 amide bonds. The molecule has 0 bridgehead atoms. The number of carbonyl (C=O) groups is 1. The van der Waals surface area contributed by atoms with Crippen molar-refractivity contribution >= 4 is 5.97 Å². The maximum absolute atomic E-state index is 10.9. The van der Waals surface area contributed by atoms with Gasteiger partial charge in [0.2, 0.25) is 0 Å². The summed E-state index contributed by atoms with van der Waals surface area (Å²) in [5.74, 6) is -0.918. The topological polar surface area (TPSA) is 73.6 Å². The summed E-state index contributed by atoms with van der Waals surface area (Å²) < 4.78 is 5.08. The fourth-order valence-electron chi connectivity index (χ4n) is 1.60. The third kappa shape index (κ3) is 2.22. The Kier molecular flexibility index (Phi) is 3.86. The first-order valence-corrected chi connectivity index (χ1v) is 4.66. The third-order valence-electron chi connectivity index (χ3n) is 2.39. The molecule has 1 heterocycles. The van der Waals surface area contributed by atoms with Crippen molar-refractivity contribution in [3.8, 4) is 6.07 Å². The number of morpholine rings is 1. The van der Waals surface area contributed by atoms with Crippen molar-refractivity contribution in [2.45, 2.75) is 25.4 Å². The summed E-state index contributed by atoms with van der Waals surface area (Å²) in [5.41, 5.74) is 0. The van der Waals surface area contributed by atoms with Crippen LogP contribution in [0.5, 0.6) is 0 Å². The van der Waals surface area contributed by atoms with Crippen LogP contribution in [0.2, 0.25) is 0 Å². The van der Waals surface area contributed by atoms with Crippen LogP contribution in [0.4, 0.5) is 0 Å². The minimum absolute atomic E-state index is 0.174. The molecule has 2 unspecified atom stereocenters. The van der Waals surface area contributed by atoms with Gasteiger partial charge in [-0.15, -0.1) is 0 Å². The number of hydrogen-bond donors (Lipinski definition) is 1. The van der Waals surface area contributed by atoms with Crippen molar-refractivity contribution < 1.29 is 14.6 Å². The number of carboxylic acids is 1. The second-order valence-electron chi connectivity index (χ2n) is 3.22. The molecule has 5 heteroatoms. The van der Waals surface area contributed by atoms with Gasteiger partial charge in [0.1, 0.15) is 6.04 Å². The van der Waals surface area contributed by atoms with Crippen LogP contribution in [-0.2, 0) is 9.53 Å². The van der Waals surface area contributed by atoms with E-state index in [1.54, 1.807) is 4.90 Å². The molecule has 14 heavy (non-hydrogen) atoms. The highest BCUT2D eigenvalue weighted by Gasteiger charge is 2.33. The Bertz CT molecular complexity index is 249. The van der Waals surface area contributed by atoms with E-state index in [9.17, 15) is 4.79 Å². The number of hydrogen-bond acceptors (Lipinski definition) is 4. The zero-order valence-corrected chi connectivity index (χ0v) is 8.14. The van der Waals surface area contributed by atoms with Crippen molar-refractivity contribution in [2.75, 3.05) is 19.8 Å².